The van der Waals surface area contributed by atoms with Gasteiger partial charge in [-0.05, 0) is 0 Å². The molecule has 0 saturated carbocycles. The van der Waals surface area contributed by atoms with Crippen molar-refractivity contribution in [2.45, 2.75) is 105 Å². The summed E-state index contributed by atoms with van der Waals surface area (Å²) in [7, 11) is 9.25. The summed E-state index contributed by atoms with van der Waals surface area (Å²) < 4.78 is 8.34. The Morgan fingerprint density at radius 1 is 0.515 bits per heavy atom. The van der Waals surface area contributed by atoms with Gasteiger partial charge in [0.2, 0.25) is 0 Å². The molecule has 0 amide bonds. The molecule has 0 aliphatic carbocycles. The average Bonchev–Trinajstić information content (AvgIpc) is 3.18. The fraction of sp³-hybridized carbons (Fsp3) is 0.714. The number of aromatic nitrogens is 2. The third-order valence-corrected chi connectivity index (χ3v) is 24.3. The summed E-state index contributed by atoms with van der Waals surface area (Å²) in [6, 6.07) is 5.05. The maximum atomic E-state index is 3.93. The van der Waals surface area contributed by atoms with E-state index in [0.717, 1.165) is 0 Å². The minimum absolute atomic E-state index is 0.0289. The van der Waals surface area contributed by atoms with E-state index in [1.807, 2.05) is 0 Å². The van der Waals surface area contributed by atoms with Crippen molar-refractivity contribution in [3.8, 4) is 0 Å². The second kappa shape index (κ2) is 8.78. The van der Waals surface area contributed by atoms with Gasteiger partial charge in [-0.3, -0.25) is 0 Å². The van der Waals surface area contributed by atoms with Gasteiger partial charge < -0.3 is 0 Å². The van der Waals surface area contributed by atoms with Crippen molar-refractivity contribution in [2.75, 3.05) is 28.2 Å². The molecule has 2 heterocycles. The van der Waals surface area contributed by atoms with E-state index >= 15 is 0 Å². The van der Waals surface area contributed by atoms with Crippen molar-refractivity contribution in [3.63, 3.8) is 0 Å². The molecule has 0 aliphatic heterocycles. The average molecular weight is 623 g/mol. The molecule has 0 bridgehead atoms. The molecule has 0 aliphatic rings. The van der Waals surface area contributed by atoms with Crippen LogP contribution in [0.4, 0.5) is 0 Å². The Morgan fingerprint density at radius 2 is 0.788 bits per heavy atom. The molecule has 0 atom stereocenters. The van der Waals surface area contributed by atoms with Crippen LogP contribution >= 0.6 is 0 Å². The Morgan fingerprint density at radius 3 is 0.970 bits per heavy atom. The van der Waals surface area contributed by atoms with Crippen LogP contribution in [0.5, 0.6) is 0 Å². The molecule has 188 valence electrons. The van der Waals surface area contributed by atoms with Crippen LogP contribution in [-0.4, -0.2) is 43.9 Å². The van der Waals surface area contributed by atoms with Crippen molar-refractivity contribution >= 4 is 6.64 Å². The first-order chi connectivity index (χ1) is 14.6. The van der Waals surface area contributed by atoms with Gasteiger partial charge in [0.1, 0.15) is 0 Å². The number of nitrogens with zero attached hydrogens (tertiary/aromatic N) is 2. The van der Waals surface area contributed by atoms with Gasteiger partial charge in [0.25, 0.3) is 0 Å². The number of hydrogen-bond donors (Lipinski definition) is 2. The number of H-pyrrole nitrogens is 2. The molecule has 5 heteroatoms. The van der Waals surface area contributed by atoms with Crippen LogP contribution in [-0.2, 0) is 42.2 Å². The van der Waals surface area contributed by atoms with Crippen molar-refractivity contribution in [3.05, 3.63) is 34.9 Å². The number of nitrogens with one attached hydrogen (secondary N) is 2. The van der Waals surface area contributed by atoms with E-state index in [9.17, 15) is 0 Å². The number of aromatic amines is 2. The molecular formula is C28H52HfN4. The monoisotopic (exact) mass is 624 g/mol. The standard InChI is InChI=1S/2C12H20N.2C2H6N.Hf/c2*1-11(2,3)9-7-8-10(13-9)12(4,5)6;2*1-3-2;/h2*7,13H,1-6H3;2*1-2H3;/q;;2*-1;+2. The van der Waals surface area contributed by atoms with Gasteiger partial charge in [-0.2, -0.15) is 0 Å². The van der Waals surface area contributed by atoms with Gasteiger partial charge >= 0.3 is 211 Å². The zero-order valence-corrected chi connectivity index (χ0v) is 28.1. The molecule has 4 nitrogen and oxygen atoms in total. The molecule has 0 radical (unpaired) electrons. The topological polar surface area (TPSA) is 38.1 Å². The molecule has 0 saturated heterocycles. The Hall–Kier alpha value is -0.650. The van der Waals surface area contributed by atoms with E-state index in [-0.39, 0.29) is 21.7 Å². The third kappa shape index (κ3) is 5.30. The van der Waals surface area contributed by atoms with Crippen LogP contribution in [0.15, 0.2) is 12.1 Å². The van der Waals surface area contributed by atoms with E-state index in [2.05, 4.69) is 139 Å². The van der Waals surface area contributed by atoms with E-state index < -0.39 is 20.5 Å². The second-order valence-electron chi connectivity index (χ2n) is 14.4. The van der Waals surface area contributed by atoms with Crippen LogP contribution in [0.3, 0.4) is 0 Å². The molecule has 2 N–H and O–H groups in total. The predicted molar refractivity (Wildman–Crippen MR) is 143 cm³/mol. The van der Waals surface area contributed by atoms with Crippen LogP contribution in [0, 0.1) is 0 Å². The van der Waals surface area contributed by atoms with Crippen LogP contribution < -0.4 is 6.64 Å². The number of rotatable bonds is 4. The molecule has 0 unspecified atom stereocenters. The molecule has 2 rings (SSSR count). The predicted octanol–water partition coefficient (Wildman–Crippen LogP) is 5.59. The zero-order chi connectivity index (χ0) is 25.9. The Balaban J connectivity index is 3.13. The van der Waals surface area contributed by atoms with E-state index in [1.54, 1.807) is 6.64 Å². The Labute approximate surface area is 210 Å². The van der Waals surface area contributed by atoms with E-state index in [1.165, 1.54) is 22.8 Å². The van der Waals surface area contributed by atoms with Crippen molar-refractivity contribution in [1.29, 1.82) is 0 Å². The van der Waals surface area contributed by atoms with Crippen molar-refractivity contribution in [1.82, 2.24) is 15.7 Å². The molecule has 0 fully saturated rings. The van der Waals surface area contributed by atoms with Gasteiger partial charge in [0.15, 0.2) is 0 Å². The van der Waals surface area contributed by atoms with E-state index in [0.29, 0.717) is 0 Å². The molecule has 2 aromatic rings. The maximum absolute atomic E-state index is 3.93. The minimum atomic E-state index is -3.77. The number of hydrogen-bond acceptors (Lipinski definition) is 2. The third-order valence-electron chi connectivity index (χ3n) is 6.80. The SMILES string of the molecule is C[N](C)[Hf]([c]1cc(C(C)(C)C)[nH]c1C(C)(C)C)([c]1cc(C(C)(C)C)[nH]c1C(C)(C)C)[N](C)C. The van der Waals surface area contributed by atoms with Crippen LogP contribution in [0.1, 0.15) is 106 Å². The molecule has 33 heavy (non-hydrogen) atoms. The summed E-state index contributed by atoms with van der Waals surface area (Å²) in [5, 5.41) is 0. The van der Waals surface area contributed by atoms with Gasteiger partial charge in [0, 0.05) is 0 Å². The summed E-state index contributed by atoms with van der Waals surface area (Å²) in [5.74, 6) is 0. The van der Waals surface area contributed by atoms with Crippen molar-refractivity contribution in [2.24, 2.45) is 0 Å². The first kappa shape index (κ1) is 28.6. The summed E-state index contributed by atoms with van der Waals surface area (Å²) >= 11 is -3.77. The molecule has 0 aromatic carbocycles. The Kier molecular flexibility index (Phi) is 7.61. The van der Waals surface area contributed by atoms with E-state index in [4.69, 9.17) is 0 Å². The van der Waals surface area contributed by atoms with Crippen molar-refractivity contribution < 1.29 is 20.5 Å². The fourth-order valence-corrected chi connectivity index (χ4v) is 23.9. The second-order valence-corrected chi connectivity index (χ2v) is 29.5. The van der Waals surface area contributed by atoms with Crippen LogP contribution in [0.2, 0.25) is 0 Å². The summed E-state index contributed by atoms with van der Waals surface area (Å²) in [4.78, 5) is 7.87. The van der Waals surface area contributed by atoms with Crippen LogP contribution in [0.25, 0.3) is 0 Å². The molecule has 2 aromatic heterocycles. The van der Waals surface area contributed by atoms with Gasteiger partial charge in [-0.25, -0.2) is 0 Å². The fourth-order valence-electron chi connectivity index (χ4n) is 4.96. The quantitative estimate of drug-likeness (QED) is 0.437. The summed E-state index contributed by atoms with van der Waals surface area (Å²) in [6.07, 6.45) is 0. The Bertz CT molecular complexity index is 883. The zero-order valence-electron chi connectivity index (χ0n) is 24.5. The summed E-state index contributed by atoms with van der Waals surface area (Å²) in [5.41, 5.74) is 5.65. The molecular weight excluding hydrogens is 571 g/mol. The first-order valence-electron chi connectivity index (χ1n) is 12.4. The van der Waals surface area contributed by atoms with Gasteiger partial charge in [-0.15, -0.1) is 0 Å². The van der Waals surface area contributed by atoms with Gasteiger partial charge in [0.05, 0.1) is 0 Å². The van der Waals surface area contributed by atoms with Gasteiger partial charge in [-0.1, -0.05) is 0 Å². The first-order valence-corrected chi connectivity index (χ1v) is 19.2. The molecule has 0 spiro atoms. The normalized spacial score (nSPS) is 14.6. The summed E-state index contributed by atoms with van der Waals surface area (Å²) in [6.45, 7) is 28.0.